The first-order valence-electron chi connectivity index (χ1n) is 12.0. The van der Waals surface area contributed by atoms with Crippen molar-refractivity contribution in [3.05, 3.63) is 77.1 Å². The van der Waals surface area contributed by atoms with Crippen LogP contribution in [0.3, 0.4) is 0 Å². The Labute approximate surface area is 215 Å². The number of rotatable bonds is 7. The Morgan fingerprint density at radius 3 is 2.53 bits per heavy atom. The van der Waals surface area contributed by atoms with Gasteiger partial charge in [-0.3, -0.25) is 9.69 Å². The molecule has 0 bridgehead atoms. The Morgan fingerprint density at radius 1 is 1.03 bits per heavy atom. The van der Waals surface area contributed by atoms with Gasteiger partial charge >= 0.3 is 0 Å². The van der Waals surface area contributed by atoms with Crippen molar-refractivity contribution >= 4 is 40.3 Å². The summed E-state index contributed by atoms with van der Waals surface area (Å²) < 4.78 is 16.5. The van der Waals surface area contributed by atoms with Gasteiger partial charge in [-0.05, 0) is 85.6 Å². The molecule has 0 spiro atoms. The van der Waals surface area contributed by atoms with Crippen LogP contribution in [0, 0.1) is 0 Å². The van der Waals surface area contributed by atoms with Gasteiger partial charge < -0.3 is 18.8 Å². The molecule has 2 fully saturated rings. The number of hydrogen-bond donors (Lipinski definition) is 0. The minimum atomic E-state index is -0.120. The van der Waals surface area contributed by atoms with Crippen molar-refractivity contribution in [3.63, 3.8) is 0 Å². The third kappa shape index (κ3) is 5.28. The van der Waals surface area contributed by atoms with Crippen molar-refractivity contribution in [1.29, 1.82) is 0 Å². The number of amides is 1. The fourth-order valence-corrected chi connectivity index (χ4v) is 5.35. The molecule has 0 atom stereocenters. The van der Waals surface area contributed by atoms with Crippen molar-refractivity contribution in [3.8, 4) is 11.5 Å². The predicted octanol–water partition coefficient (Wildman–Crippen LogP) is 6.09. The lowest BCUT2D eigenvalue weighted by molar-refractivity contribution is -0.122. The van der Waals surface area contributed by atoms with Gasteiger partial charge in [0.2, 0.25) is 0 Å². The highest BCUT2D eigenvalue weighted by Crippen LogP contribution is 2.37. The van der Waals surface area contributed by atoms with E-state index in [0.29, 0.717) is 22.4 Å². The molecule has 0 aliphatic carbocycles. The first kappa shape index (κ1) is 24.1. The summed E-state index contributed by atoms with van der Waals surface area (Å²) in [5.74, 6) is 2.07. The normalized spacial score (nSPS) is 18.3. The van der Waals surface area contributed by atoms with E-state index in [2.05, 4.69) is 17.0 Å². The maximum atomic E-state index is 13.5. The fraction of sp³-hybridized carbons (Fsp3) is 0.286. The predicted molar refractivity (Wildman–Crippen MR) is 144 cm³/mol. The maximum absolute atomic E-state index is 13.5. The van der Waals surface area contributed by atoms with Crippen molar-refractivity contribution < 1.29 is 18.7 Å². The number of piperidine rings is 1. The number of amidine groups is 1. The van der Waals surface area contributed by atoms with E-state index in [0.717, 1.165) is 41.5 Å². The van der Waals surface area contributed by atoms with Gasteiger partial charge in [-0.25, -0.2) is 4.99 Å². The van der Waals surface area contributed by atoms with Crippen LogP contribution in [0.25, 0.3) is 6.08 Å². The molecule has 0 radical (unpaired) electrons. The number of furan rings is 1. The van der Waals surface area contributed by atoms with Gasteiger partial charge in [-0.15, -0.1) is 0 Å². The quantitative estimate of drug-likeness (QED) is 0.364. The second-order valence-electron chi connectivity index (χ2n) is 8.65. The van der Waals surface area contributed by atoms with Gasteiger partial charge in [0.1, 0.15) is 17.3 Å². The first-order valence-corrected chi connectivity index (χ1v) is 12.9. The summed E-state index contributed by atoms with van der Waals surface area (Å²) in [6, 6.07) is 17.3. The molecule has 0 unspecified atom stereocenters. The fourth-order valence-electron chi connectivity index (χ4n) is 4.37. The van der Waals surface area contributed by atoms with Crippen LogP contribution >= 0.6 is 11.8 Å². The molecule has 36 heavy (non-hydrogen) atoms. The zero-order valence-corrected chi connectivity index (χ0v) is 21.3. The SMILES string of the molecule is COc1ccc(N=C2S/C(=C\c3ccc(N4CCCCC4)cc3OC)C(=O)N2Cc2ccco2)cc1. The third-order valence-corrected chi connectivity index (χ3v) is 7.31. The van der Waals surface area contributed by atoms with E-state index in [9.17, 15) is 4.79 Å². The van der Waals surface area contributed by atoms with Crippen LogP contribution in [0.5, 0.6) is 11.5 Å². The van der Waals surface area contributed by atoms with Crippen molar-refractivity contribution in [2.75, 3.05) is 32.2 Å². The highest BCUT2D eigenvalue weighted by atomic mass is 32.2. The Hall–Kier alpha value is -3.65. The topological polar surface area (TPSA) is 67.5 Å². The van der Waals surface area contributed by atoms with Gasteiger partial charge in [0.15, 0.2) is 5.17 Å². The van der Waals surface area contributed by atoms with E-state index in [1.54, 1.807) is 25.4 Å². The smallest absolute Gasteiger partial charge is 0.267 e. The van der Waals surface area contributed by atoms with E-state index in [1.165, 1.54) is 31.0 Å². The van der Waals surface area contributed by atoms with Gasteiger partial charge in [-0.2, -0.15) is 0 Å². The van der Waals surface area contributed by atoms with Gasteiger partial charge in [0.25, 0.3) is 5.91 Å². The highest BCUT2D eigenvalue weighted by molar-refractivity contribution is 8.18. The van der Waals surface area contributed by atoms with Crippen LogP contribution in [0.1, 0.15) is 30.6 Å². The summed E-state index contributed by atoms with van der Waals surface area (Å²) in [5.41, 5.74) is 2.75. The van der Waals surface area contributed by atoms with E-state index in [4.69, 9.17) is 18.9 Å². The van der Waals surface area contributed by atoms with Crippen molar-refractivity contribution in [1.82, 2.24) is 4.90 Å². The van der Waals surface area contributed by atoms with E-state index in [-0.39, 0.29) is 5.91 Å². The number of carbonyl (C=O) groups is 1. The highest BCUT2D eigenvalue weighted by Gasteiger charge is 2.34. The molecule has 3 heterocycles. The number of ether oxygens (including phenoxy) is 2. The lowest BCUT2D eigenvalue weighted by Crippen LogP contribution is -2.29. The molecule has 8 heteroatoms. The summed E-state index contributed by atoms with van der Waals surface area (Å²) in [6.45, 7) is 2.42. The minimum Gasteiger partial charge on any atom is -0.497 e. The van der Waals surface area contributed by atoms with Gasteiger partial charge in [0.05, 0.1) is 37.6 Å². The van der Waals surface area contributed by atoms with E-state index >= 15 is 0 Å². The van der Waals surface area contributed by atoms with Crippen LogP contribution in [0.15, 0.2) is 75.2 Å². The third-order valence-electron chi connectivity index (χ3n) is 6.30. The second-order valence-corrected chi connectivity index (χ2v) is 9.66. The molecule has 5 rings (SSSR count). The van der Waals surface area contributed by atoms with Gasteiger partial charge in [-0.1, -0.05) is 0 Å². The van der Waals surface area contributed by atoms with Crippen LogP contribution in [0.2, 0.25) is 0 Å². The molecule has 2 saturated heterocycles. The van der Waals surface area contributed by atoms with Crippen LogP contribution in [-0.4, -0.2) is 43.3 Å². The number of methoxy groups -OCH3 is 2. The summed E-state index contributed by atoms with van der Waals surface area (Å²) in [5, 5.41) is 0.594. The first-order chi connectivity index (χ1) is 17.6. The lowest BCUT2D eigenvalue weighted by Gasteiger charge is -2.29. The summed E-state index contributed by atoms with van der Waals surface area (Å²) >= 11 is 1.35. The van der Waals surface area contributed by atoms with Crippen LogP contribution < -0.4 is 14.4 Å². The molecule has 2 aliphatic rings. The number of hydrogen-bond acceptors (Lipinski definition) is 7. The number of carbonyl (C=O) groups excluding carboxylic acids is 1. The van der Waals surface area contributed by atoms with Crippen LogP contribution in [0.4, 0.5) is 11.4 Å². The largest absolute Gasteiger partial charge is 0.497 e. The monoisotopic (exact) mass is 503 g/mol. The molecular formula is C28H29N3O4S. The molecule has 1 aromatic heterocycles. The summed E-state index contributed by atoms with van der Waals surface area (Å²) in [4.78, 5) is 22.9. The molecule has 7 nitrogen and oxygen atoms in total. The Balaban J connectivity index is 1.45. The molecule has 0 saturated carbocycles. The molecule has 2 aromatic carbocycles. The molecule has 1 amide bonds. The average Bonchev–Trinajstić information content (AvgIpc) is 3.54. The lowest BCUT2D eigenvalue weighted by atomic mass is 10.1. The number of thioether (sulfide) groups is 1. The minimum absolute atomic E-state index is 0.120. The zero-order chi connectivity index (χ0) is 24.9. The molecule has 186 valence electrons. The number of anilines is 1. The van der Waals surface area contributed by atoms with Crippen LogP contribution in [-0.2, 0) is 11.3 Å². The number of aliphatic imine (C=N–C) groups is 1. The standard InChI is InChI=1S/C28H29N3O4S/c1-33-23-12-9-21(10-13-23)29-28-31(19-24-7-6-16-35-24)27(32)26(36-28)17-20-8-11-22(18-25(20)34-2)30-14-4-3-5-15-30/h6-13,16-18H,3-5,14-15,19H2,1-2H3/b26-17-,29-28?. The zero-order valence-electron chi connectivity index (χ0n) is 20.5. The van der Waals surface area contributed by atoms with E-state index in [1.807, 2.05) is 48.5 Å². The average molecular weight is 504 g/mol. The van der Waals surface area contributed by atoms with Crippen molar-refractivity contribution in [2.24, 2.45) is 4.99 Å². The molecular weight excluding hydrogens is 474 g/mol. The second kappa shape index (κ2) is 11.0. The Bertz CT molecular complexity index is 1260. The molecule has 2 aliphatic heterocycles. The molecule has 0 N–H and O–H groups in total. The Morgan fingerprint density at radius 2 is 1.83 bits per heavy atom. The van der Waals surface area contributed by atoms with E-state index < -0.39 is 0 Å². The Kier molecular flexibility index (Phi) is 7.32. The maximum Gasteiger partial charge on any atom is 0.267 e. The summed E-state index contributed by atoms with van der Waals surface area (Å²) in [6.07, 6.45) is 7.19. The number of nitrogens with zero attached hydrogens (tertiary/aromatic N) is 3. The summed E-state index contributed by atoms with van der Waals surface area (Å²) in [7, 11) is 3.29. The van der Waals surface area contributed by atoms with Gasteiger partial charge in [0, 0.05) is 30.4 Å². The van der Waals surface area contributed by atoms with Crippen molar-refractivity contribution in [2.45, 2.75) is 25.8 Å². The molecule has 3 aromatic rings. The number of benzene rings is 2.